The molecule has 1 saturated heterocycles. The van der Waals surface area contributed by atoms with Gasteiger partial charge >= 0.3 is 12.1 Å². The summed E-state index contributed by atoms with van der Waals surface area (Å²) in [4.78, 5) is 23.6. The molecule has 1 aliphatic carbocycles. The molecule has 16 heteroatoms. The third-order valence-corrected chi connectivity index (χ3v) is 10.4. The van der Waals surface area contributed by atoms with Gasteiger partial charge in [-0.15, -0.1) is 0 Å². The minimum atomic E-state index is -5.08. The average molecular weight is 768 g/mol. The number of hydrogen-bond acceptors (Lipinski definition) is 6. The summed E-state index contributed by atoms with van der Waals surface area (Å²) in [5.41, 5.74) is 0.964. The number of halogens is 6. The van der Waals surface area contributed by atoms with Crippen LogP contribution in [-0.2, 0) is 25.5 Å². The van der Waals surface area contributed by atoms with Gasteiger partial charge in [0.1, 0.15) is 5.75 Å². The molecular formula is C36H35ClF5N3O6S. The van der Waals surface area contributed by atoms with E-state index in [-0.39, 0.29) is 24.1 Å². The molecule has 3 N–H and O–H groups in total. The van der Waals surface area contributed by atoms with Gasteiger partial charge in [0.25, 0.3) is 5.92 Å². The van der Waals surface area contributed by atoms with Gasteiger partial charge in [-0.25, -0.2) is 13.2 Å². The van der Waals surface area contributed by atoms with Gasteiger partial charge in [0.05, 0.1) is 11.0 Å². The maximum absolute atomic E-state index is 16.3. The first-order chi connectivity index (χ1) is 24.5. The summed E-state index contributed by atoms with van der Waals surface area (Å²) in [5, 5.41) is 12.1. The summed E-state index contributed by atoms with van der Waals surface area (Å²) in [5.74, 6) is -6.91. The predicted molar refractivity (Wildman–Crippen MR) is 185 cm³/mol. The molecule has 278 valence electrons. The smallest absolute Gasteiger partial charge is 0.490 e. The lowest BCUT2D eigenvalue weighted by Crippen LogP contribution is -2.59. The van der Waals surface area contributed by atoms with Crippen LogP contribution in [-0.4, -0.2) is 74.8 Å². The number of nitrogens with zero attached hydrogens (tertiary/aromatic N) is 1. The summed E-state index contributed by atoms with van der Waals surface area (Å²) >= 11 is 5.97. The molecule has 1 unspecified atom stereocenters. The summed E-state index contributed by atoms with van der Waals surface area (Å²) in [6, 6.07) is 19.8. The lowest BCUT2D eigenvalue weighted by atomic mass is 9.97. The van der Waals surface area contributed by atoms with Gasteiger partial charge in [-0.3, -0.25) is 4.79 Å². The van der Waals surface area contributed by atoms with E-state index in [2.05, 4.69) is 10.0 Å². The molecule has 4 aromatic rings. The molecule has 1 aliphatic heterocycles. The molecule has 0 radical (unpaired) electrons. The zero-order chi connectivity index (χ0) is 37.7. The molecule has 6 rings (SSSR count). The number of fused-ring (bicyclic) bond motifs is 1. The summed E-state index contributed by atoms with van der Waals surface area (Å²) < 4.78 is 99.8. The Labute approximate surface area is 301 Å². The molecule has 1 atom stereocenters. The molecular weight excluding hydrogens is 733 g/mol. The number of benzene rings is 4. The van der Waals surface area contributed by atoms with Gasteiger partial charge in [0, 0.05) is 36.8 Å². The highest BCUT2D eigenvalue weighted by molar-refractivity contribution is 7.89. The number of piperazine rings is 1. The number of aliphatic carboxylic acids is 1. The van der Waals surface area contributed by atoms with Crippen molar-refractivity contribution in [2.45, 2.75) is 54.8 Å². The topological polar surface area (TPSA) is 125 Å². The Kier molecular flexibility index (Phi) is 12.1. The minimum absolute atomic E-state index is 0.173. The molecule has 0 bridgehead atoms. The number of nitrogens with one attached hydrogen (secondary N) is 2. The van der Waals surface area contributed by atoms with Crippen molar-refractivity contribution in [2.75, 3.05) is 26.2 Å². The Morgan fingerprint density at radius 2 is 1.38 bits per heavy atom. The van der Waals surface area contributed by atoms with Crippen LogP contribution >= 0.6 is 11.6 Å². The molecule has 2 aliphatic rings. The largest absolute Gasteiger partial charge is 0.490 e. The summed E-state index contributed by atoms with van der Waals surface area (Å²) in [7, 11) is -4.55. The number of hydrogen-bond donors (Lipinski definition) is 3. The Balaban J connectivity index is 0.000000679. The van der Waals surface area contributed by atoms with E-state index < -0.39 is 45.6 Å². The van der Waals surface area contributed by atoms with Crippen molar-refractivity contribution in [2.24, 2.45) is 0 Å². The number of carbonyl (C=O) groups excluding carboxylic acids is 1. The molecule has 1 heterocycles. The molecule has 4 aromatic carbocycles. The highest BCUT2D eigenvalue weighted by Crippen LogP contribution is 2.36. The molecule has 1 amide bonds. The van der Waals surface area contributed by atoms with E-state index >= 15 is 8.78 Å². The van der Waals surface area contributed by atoms with Gasteiger partial charge in [-0.2, -0.15) is 26.7 Å². The first-order valence-corrected chi connectivity index (χ1v) is 18.2. The van der Waals surface area contributed by atoms with Crippen molar-refractivity contribution < 1.29 is 49.8 Å². The quantitative estimate of drug-likeness (QED) is 0.157. The summed E-state index contributed by atoms with van der Waals surface area (Å²) in [6.45, 7) is 1.21. The van der Waals surface area contributed by atoms with E-state index in [1.807, 2.05) is 6.07 Å². The van der Waals surface area contributed by atoms with Crippen molar-refractivity contribution in [3.05, 3.63) is 95.5 Å². The van der Waals surface area contributed by atoms with Crippen molar-refractivity contribution in [1.82, 2.24) is 14.9 Å². The van der Waals surface area contributed by atoms with Crippen LogP contribution in [0.4, 0.5) is 22.0 Å². The highest BCUT2D eigenvalue weighted by Gasteiger charge is 2.50. The number of rotatable bonds is 9. The number of carboxylic acids is 1. The second kappa shape index (κ2) is 16.1. The second-order valence-electron chi connectivity index (χ2n) is 12.3. The number of alkyl halides is 5. The number of ether oxygens (including phenoxy) is 1. The first-order valence-electron chi connectivity index (χ1n) is 16.3. The maximum atomic E-state index is 16.3. The molecule has 52 heavy (non-hydrogen) atoms. The molecule has 0 aromatic heterocycles. The van der Waals surface area contributed by atoms with Gasteiger partial charge in [0.15, 0.2) is 6.04 Å². The van der Waals surface area contributed by atoms with E-state index in [1.54, 1.807) is 42.5 Å². The lowest BCUT2D eigenvalue weighted by Gasteiger charge is -2.34. The van der Waals surface area contributed by atoms with E-state index in [9.17, 15) is 26.4 Å². The van der Waals surface area contributed by atoms with Crippen LogP contribution in [0.15, 0.2) is 89.8 Å². The molecule has 9 nitrogen and oxygen atoms in total. The number of sulfonamides is 1. The van der Waals surface area contributed by atoms with Crippen LogP contribution in [0, 0.1) is 0 Å². The van der Waals surface area contributed by atoms with Crippen molar-refractivity contribution in [3.8, 4) is 16.9 Å². The van der Waals surface area contributed by atoms with E-state index in [0.29, 0.717) is 34.8 Å². The molecule has 1 saturated carbocycles. The van der Waals surface area contributed by atoms with E-state index in [0.717, 1.165) is 36.6 Å². The third-order valence-electron chi connectivity index (χ3n) is 8.70. The Bertz CT molecular complexity index is 1980. The van der Waals surface area contributed by atoms with E-state index in [1.165, 1.54) is 41.3 Å². The van der Waals surface area contributed by atoms with Gasteiger partial charge < -0.3 is 20.1 Å². The van der Waals surface area contributed by atoms with Crippen molar-refractivity contribution in [3.63, 3.8) is 0 Å². The normalized spacial score (nSPS) is 16.2. The Hall–Kier alpha value is -4.31. The lowest BCUT2D eigenvalue weighted by molar-refractivity contribution is -0.192. The standard InChI is InChI=1S/C34H34ClF2N3O4S.C2HF3O2/c35-28-13-7-24(8-14-28)23-5-11-27(12-6-23)34(36,37)32(33(41)40-19-17-38-18-20-40)39-45(42,43)31-16-10-25-21-30(15-9-26(25)22-31)44-29-3-1-2-4-29;3-2(4,5)1(6)7/h5-16,21-22,29,32,38-39H,1-4,17-20H2;(H,6,7). The van der Waals surface area contributed by atoms with Gasteiger partial charge in [-0.1, -0.05) is 60.1 Å². The molecule has 0 spiro atoms. The Morgan fingerprint density at radius 1 is 0.846 bits per heavy atom. The minimum Gasteiger partial charge on any atom is -0.490 e. The first kappa shape index (κ1) is 38.9. The van der Waals surface area contributed by atoms with E-state index in [4.69, 9.17) is 26.2 Å². The van der Waals surface area contributed by atoms with Crippen LogP contribution in [0.3, 0.4) is 0 Å². The predicted octanol–water partition coefficient (Wildman–Crippen LogP) is 6.99. The van der Waals surface area contributed by atoms with Crippen molar-refractivity contribution >= 4 is 44.3 Å². The number of amides is 1. The van der Waals surface area contributed by atoms with Crippen molar-refractivity contribution in [1.29, 1.82) is 0 Å². The number of carbonyl (C=O) groups is 2. The monoisotopic (exact) mass is 767 g/mol. The van der Waals surface area contributed by atoms with Crippen LogP contribution in [0.1, 0.15) is 31.2 Å². The summed E-state index contributed by atoms with van der Waals surface area (Å²) in [6.07, 6.45) is -0.624. The maximum Gasteiger partial charge on any atom is 0.490 e. The number of carboxylic acid groups (broad SMARTS) is 1. The fourth-order valence-electron chi connectivity index (χ4n) is 5.91. The van der Waals surface area contributed by atoms with Gasteiger partial charge in [-0.05, 0) is 84.0 Å². The highest BCUT2D eigenvalue weighted by atomic mass is 35.5. The van der Waals surface area contributed by atoms with Crippen LogP contribution in [0.25, 0.3) is 21.9 Å². The van der Waals surface area contributed by atoms with Crippen LogP contribution < -0.4 is 14.8 Å². The average Bonchev–Trinajstić information content (AvgIpc) is 3.64. The zero-order valence-electron chi connectivity index (χ0n) is 27.5. The molecule has 2 fully saturated rings. The third kappa shape index (κ3) is 9.56. The van der Waals surface area contributed by atoms with Gasteiger partial charge in [0.2, 0.25) is 15.9 Å². The van der Waals surface area contributed by atoms with Crippen LogP contribution in [0.2, 0.25) is 5.02 Å². The van der Waals surface area contributed by atoms with Crippen LogP contribution in [0.5, 0.6) is 5.75 Å². The SMILES string of the molecule is O=C(C(NS(=O)(=O)c1ccc2cc(OC3CCCC3)ccc2c1)C(F)(F)c1ccc(-c2ccc(Cl)cc2)cc1)N1CCNCC1.O=C(O)C(F)(F)F. The second-order valence-corrected chi connectivity index (χ2v) is 14.5. The Morgan fingerprint density at radius 3 is 1.96 bits per heavy atom. The fourth-order valence-corrected chi connectivity index (χ4v) is 7.26. The zero-order valence-corrected chi connectivity index (χ0v) is 29.1. The fraction of sp³-hybridized carbons (Fsp3) is 0.333.